The average molecular weight is 415 g/mol. The summed E-state index contributed by atoms with van der Waals surface area (Å²) in [6.45, 7) is 3.24. The molecule has 24 heavy (non-hydrogen) atoms. The molecule has 1 unspecified atom stereocenters. The van der Waals surface area contributed by atoms with E-state index in [9.17, 15) is 14.0 Å². The fourth-order valence-electron chi connectivity index (χ4n) is 1.89. The van der Waals surface area contributed by atoms with Gasteiger partial charge in [-0.1, -0.05) is 17.7 Å². The predicted octanol–water partition coefficient (Wildman–Crippen LogP) is 4.73. The van der Waals surface area contributed by atoms with Crippen LogP contribution < -0.4 is 5.32 Å². The monoisotopic (exact) mass is 413 g/mol. The first-order chi connectivity index (χ1) is 11.3. The van der Waals surface area contributed by atoms with E-state index in [-0.39, 0.29) is 5.56 Å². The minimum Gasteiger partial charge on any atom is -0.449 e. The Kier molecular flexibility index (Phi) is 5.96. The van der Waals surface area contributed by atoms with Crippen LogP contribution in [0.3, 0.4) is 0 Å². The van der Waals surface area contributed by atoms with Crippen molar-refractivity contribution in [1.29, 1.82) is 0 Å². The van der Waals surface area contributed by atoms with E-state index in [0.717, 1.165) is 11.6 Å². The highest BCUT2D eigenvalue weighted by Crippen LogP contribution is 2.22. The summed E-state index contributed by atoms with van der Waals surface area (Å²) in [6, 6.07) is 8.71. The van der Waals surface area contributed by atoms with Crippen molar-refractivity contribution in [3.8, 4) is 0 Å². The SMILES string of the molecule is Cc1ccc(Cl)cc1NC(=O)C(C)OC(=O)c1cc(F)ccc1Br. The third-order valence-electron chi connectivity index (χ3n) is 3.26. The highest BCUT2D eigenvalue weighted by Gasteiger charge is 2.21. The van der Waals surface area contributed by atoms with E-state index in [0.29, 0.717) is 15.2 Å². The molecule has 0 fully saturated rings. The second-order valence-electron chi connectivity index (χ2n) is 5.12. The van der Waals surface area contributed by atoms with Crippen molar-refractivity contribution in [2.24, 2.45) is 0 Å². The Balaban J connectivity index is 2.07. The maximum Gasteiger partial charge on any atom is 0.340 e. The number of nitrogens with one attached hydrogen (secondary N) is 1. The van der Waals surface area contributed by atoms with Gasteiger partial charge in [0.25, 0.3) is 5.91 Å². The maximum atomic E-state index is 13.3. The van der Waals surface area contributed by atoms with Crippen LogP contribution in [0.25, 0.3) is 0 Å². The topological polar surface area (TPSA) is 55.4 Å². The normalized spacial score (nSPS) is 11.7. The zero-order valence-electron chi connectivity index (χ0n) is 12.9. The van der Waals surface area contributed by atoms with E-state index in [2.05, 4.69) is 21.2 Å². The van der Waals surface area contributed by atoms with Gasteiger partial charge < -0.3 is 10.1 Å². The molecule has 0 bridgehead atoms. The molecule has 2 rings (SSSR count). The van der Waals surface area contributed by atoms with Gasteiger partial charge in [-0.05, 0) is 65.7 Å². The third kappa shape index (κ3) is 4.55. The van der Waals surface area contributed by atoms with Gasteiger partial charge in [-0.3, -0.25) is 4.79 Å². The van der Waals surface area contributed by atoms with Crippen LogP contribution in [0.5, 0.6) is 0 Å². The molecule has 0 aliphatic heterocycles. The van der Waals surface area contributed by atoms with E-state index in [4.69, 9.17) is 16.3 Å². The first kappa shape index (κ1) is 18.4. The fraction of sp³-hybridized carbons (Fsp3) is 0.176. The molecule has 0 saturated heterocycles. The number of carbonyl (C=O) groups is 2. The predicted molar refractivity (Wildman–Crippen MR) is 93.8 cm³/mol. The Labute approximate surface area is 152 Å². The summed E-state index contributed by atoms with van der Waals surface area (Å²) >= 11 is 9.05. The number of carbonyl (C=O) groups excluding carboxylic acids is 2. The van der Waals surface area contributed by atoms with Gasteiger partial charge in [0, 0.05) is 15.2 Å². The molecule has 1 N–H and O–H groups in total. The Hall–Kier alpha value is -1.92. The number of halogens is 3. The van der Waals surface area contributed by atoms with E-state index in [1.165, 1.54) is 19.1 Å². The van der Waals surface area contributed by atoms with Gasteiger partial charge in [0.05, 0.1) is 5.56 Å². The van der Waals surface area contributed by atoms with Crippen molar-refractivity contribution in [1.82, 2.24) is 0 Å². The number of aryl methyl sites for hydroxylation is 1. The number of rotatable bonds is 4. The fourth-order valence-corrected chi connectivity index (χ4v) is 2.48. The maximum absolute atomic E-state index is 13.3. The lowest BCUT2D eigenvalue weighted by molar-refractivity contribution is -0.123. The number of hydrogen-bond acceptors (Lipinski definition) is 3. The summed E-state index contributed by atoms with van der Waals surface area (Å²) in [5.74, 6) is -1.88. The van der Waals surface area contributed by atoms with Crippen molar-refractivity contribution in [2.45, 2.75) is 20.0 Å². The molecule has 2 aromatic carbocycles. The molecule has 4 nitrogen and oxygen atoms in total. The second-order valence-corrected chi connectivity index (χ2v) is 6.41. The second kappa shape index (κ2) is 7.77. The summed E-state index contributed by atoms with van der Waals surface area (Å²) in [4.78, 5) is 24.3. The molecule has 0 radical (unpaired) electrons. The first-order valence-corrected chi connectivity index (χ1v) is 8.18. The molecule has 0 spiro atoms. The molecule has 1 amide bonds. The minimum absolute atomic E-state index is 0.00795. The first-order valence-electron chi connectivity index (χ1n) is 7.01. The van der Waals surface area contributed by atoms with Crippen LogP contribution >= 0.6 is 27.5 Å². The molecule has 0 saturated carbocycles. The summed E-state index contributed by atoms with van der Waals surface area (Å²) in [5, 5.41) is 3.12. The Morgan fingerprint density at radius 2 is 1.96 bits per heavy atom. The number of anilines is 1. The summed E-state index contributed by atoms with van der Waals surface area (Å²) in [5.41, 5.74) is 1.36. The average Bonchev–Trinajstić information content (AvgIpc) is 2.53. The van der Waals surface area contributed by atoms with Crippen molar-refractivity contribution >= 4 is 45.1 Å². The largest absolute Gasteiger partial charge is 0.449 e. The van der Waals surface area contributed by atoms with Crippen LogP contribution in [0.1, 0.15) is 22.8 Å². The Bertz CT molecular complexity index is 797. The molecule has 1 atom stereocenters. The summed E-state index contributed by atoms with van der Waals surface area (Å²) in [7, 11) is 0. The Morgan fingerprint density at radius 1 is 1.25 bits per heavy atom. The van der Waals surface area contributed by atoms with Gasteiger partial charge in [-0.25, -0.2) is 9.18 Å². The van der Waals surface area contributed by atoms with E-state index < -0.39 is 23.8 Å². The van der Waals surface area contributed by atoms with Gasteiger partial charge in [0.1, 0.15) is 5.82 Å². The number of ether oxygens (including phenoxy) is 1. The van der Waals surface area contributed by atoms with Crippen LogP contribution in [0.15, 0.2) is 40.9 Å². The lowest BCUT2D eigenvalue weighted by Crippen LogP contribution is -2.30. The molecular weight excluding hydrogens is 401 g/mol. The van der Waals surface area contributed by atoms with Crippen LogP contribution in [0.2, 0.25) is 5.02 Å². The van der Waals surface area contributed by atoms with Crippen LogP contribution in [-0.4, -0.2) is 18.0 Å². The van der Waals surface area contributed by atoms with Crippen molar-refractivity contribution in [3.63, 3.8) is 0 Å². The quantitative estimate of drug-likeness (QED) is 0.736. The van der Waals surface area contributed by atoms with Gasteiger partial charge in [0.15, 0.2) is 6.10 Å². The van der Waals surface area contributed by atoms with Gasteiger partial charge in [0.2, 0.25) is 0 Å². The van der Waals surface area contributed by atoms with E-state index in [1.54, 1.807) is 18.2 Å². The molecule has 0 heterocycles. The number of esters is 1. The van der Waals surface area contributed by atoms with E-state index >= 15 is 0 Å². The summed E-state index contributed by atoms with van der Waals surface area (Å²) in [6.07, 6.45) is -1.06. The standard InChI is InChI=1S/C17H14BrClFNO3/c1-9-3-4-11(19)7-15(9)21-16(22)10(2)24-17(23)13-8-12(20)5-6-14(13)18/h3-8,10H,1-2H3,(H,21,22). The Morgan fingerprint density at radius 3 is 2.67 bits per heavy atom. The van der Waals surface area contributed by atoms with Crippen molar-refractivity contribution < 1.29 is 18.7 Å². The van der Waals surface area contributed by atoms with Gasteiger partial charge >= 0.3 is 5.97 Å². The minimum atomic E-state index is -1.06. The third-order valence-corrected chi connectivity index (χ3v) is 4.19. The lowest BCUT2D eigenvalue weighted by Gasteiger charge is -2.15. The zero-order chi connectivity index (χ0) is 17.9. The highest BCUT2D eigenvalue weighted by atomic mass is 79.9. The molecule has 126 valence electrons. The van der Waals surface area contributed by atoms with E-state index in [1.807, 2.05) is 6.92 Å². The van der Waals surface area contributed by atoms with Crippen molar-refractivity contribution in [3.05, 3.63) is 62.8 Å². The molecule has 2 aromatic rings. The lowest BCUT2D eigenvalue weighted by atomic mass is 10.2. The molecule has 0 aliphatic carbocycles. The molecule has 0 aromatic heterocycles. The van der Waals surface area contributed by atoms with Crippen LogP contribution in [-0.2, 0) is 9.53 Å². The zero-order valence-corrected chi connectivity index (χ0v) is 15.2. The van der Waals surface area contributed by atoms with Crippen LogP contribution in [0.4, 0.5) is 10.1 Å². The molecule has 0 aliphatic rings. The van der Waals surface area contributed by atoms with Crippen molar-refractivity contribution in [2.75, 3.05) is 5.32 Å². The van der Waals surface area contributed by atoms with Gasteiger partial charge in [-0.15, -0.1) is 0 Å². The summed E-state index contributed by atoms with van der Waals surface area (Å²) < 4.78 is 18.7. The van der Waals surface area contributed by atoms with Crippen LogP contribution in [0, 0.1) is 12.7 Å². The smallest absolute Gasteiger partial charge is 0.340 e. The van der Waals surface area contributed by atoms with Gasteiger partial charge in [-0.2, -0.15) is 0 Å². The molecule has 7 heteroatoms. The number of hydrogen-bond donors (Lipinski definition) is 1. The molecular formula is C17H14BrClFNO3. The number of benzene rings is 2. The highest BCUT2D eigenvalue weighted by molar-refractivity contribution is 9.10. The number of amides is 1.